The molecule has 1 heterocycles. The third-order valence-electron chi connectivity index (χ3n) is 5.91. The molecule has 0 bridgehead atoms. The van der Waals surface area contributed by atoms with Gasteiger partial charge in [-0.15, -0.1) is 5.10 Å². The van der Waals surface area contributed by atoms with E-state index in [0.29, 0.717) is 27.9 Å². The van der Waals surface area contributed by atoms with Gasteiger partial charge in [0.05, 0.1) is 10.6 Å². The van der Waals surface area contributed by atoms with Crippen molar-refractivity contribution in [2.24, 2.45) is 5.92 Å². The first kappa shape index (κ1) is 23.3. The topological polar surface area (TPSA) is 141 Å². The van der Waals surface area contributed by atoms with Crippen LogP contribution in [0.15, 0.2) is 46.9 Å². The molecule has 0 spiro atoms. The van der Waals surface area contributed by atoms with E-state index >= 15 is 0 Å². The standard InChI is InChI=1S/C24H22ClN5O4/c25-20-10-9-19(12-17(20)13-26)28-24-30-29-23(34-24)22(33)27-18-7-5-16(6-8-18)15-3-1-14(2-4-15)11-21(31)32/h5-10,12,14-15H,1-4,11H2,(H,27,33)(H,28,30)(H,31,32). The third kappa shape index (κ3) is 5.71. The van der Waals surface area contributed by atoms with Gasteiger partial charge >= 0.3 is 23.8 Å². The smallest absolute Gasteiger partial charge is 0.320 e. The van der Waals surface area contributed by atoms with Crippen LogP contribution in [0.4, 0.5) is 17.4 Å². The Morgan fingerprint density at radius 2 is 1.79 bits per heavy atom. The molecule has 2 aromatic carbocycles. The number of aromatic nitrogens is 2. The van der Waals surface area contributed by atoms with Gasteiger partial charge in [0, 0.05) is 17.8 Å². The number of anilines is 3. The van der Waals surface area contributed by atoms with Gasteiger partial charge in [-0.25, -0.2) is 0 Å². The van der Waals surface area contributed by atoms with Crippen molar-refractivity contribution in [1.82, 2.24) is 10.2 Å². The molecule has 1 aromatic heterocycles. The molecular formula is C24H22ClN5O4. The molecule has 1 aliphatic carbocycles. The summed E-state index contributed by atoms with van der Waals surface area (Å²) < 4.78 is 5.38. The average molecular weight is 480 g/mol. The summed E-state index contributed by atoms with van der Waals surface area (Å²) >= 11 is 5.92. The second kappa shape index (κ2) is 10.4. The van der Waals surface area contributed by atoms with Crippen LogP contribution >= 0.6 is 11.6 Å². The zero-order chi connectivity index (χ0) is 24.1. The van der Waals surface area contributed by atoms with Crippen LogP contribution in [0.25, 0.3) is 0 Å². The quantitative estimate of drug-likeness (QED) is 0.412. The van der Waals surface area contributed by atoms with Gasteiger partial charge in [0.15, 0.2) is 0 Å². The lowest BCUT2D eigenvalue weighted by Gasteiger charge is -2.28. The lowest BCUT2D eigenvalue weighted by atomic mass is 9.77. The molecule has 0 radical (unpaired) electrons. The van der Waals surface area contributed by atoms with Crippen LogP contribution < -0.4 is 10.6 Å². The maximum Gasteiger partial charge on any atom is 0.320 e. The SMILES string of the molecule is N#Cc1cc(Nc2nnc(C(=O)Nc3ccc(C4CCC(CC(=O)O)CC4)cc3)o2)ccc1Cl. The number of aliphatic carboxylic acids is 1. The van der Waals surface area contributed by atoms with E-state index in [1.807, 2.05) is 30.3 Å². The number of nitrogens with one attached hydrogen (secondary N) is 2. The molecule has 3 N–H and O–H groups in total. The van der Waals surface area contributed by atoms with Gasteiger partial charge in [-0.3, -0.25) is 9.59 Å². The van der Waals surface area contributed by atoms with Crippen molar-refractivity contribution < 1.29 is 19.1 Å². The van der Waals surface area contributed by atoms with Gasteiger partial charge in [0.2, 0.25) is 0 Å². The normalized spacial score (nSPS) is 17.5. The van der Waals surface area contributed by atoms with Gasteiger partial charge in [0.1, 0.15) is 6.07 Å². The Balaban J connectivity index is 1.32. The van der Waals surface area contributed by atoms with Crippen molar-refractivity contribution in [2.75, 3.05) is 10.6 Å². The first-order chi connectivity index (χ1) is 16.4. The van der Waals surface area contributed by atoms with Crippen LogP contribution in [0, 0.1) is 17.2 Å². The molecule has 1 saturated carbocycles. The zero-order valence-corrected chi connectivity index (χ0v) is 18.9. The second-order valence-corrected chi connectivity index (χ2v) is 8.64. The largest absolute Gasteiger partial charge is 0.481 e. The second-order valence-electron chi connectivity index (χ2n) is 8.24. The molecule has 3 aromatic rings. The summed E-state index contributed by atoms with van der Waals surface area (Å²) in [5.74, 6) is -0.831. The fourth-order valence-corrected chi connectivity index (χ4v) is 4.31. The maximum absolute atomic E-state index is 12.5. The number of carboxylic acids is 1. The Bertz CT molecular complexity index is 1230. The highest BCUT2D eigenvalue weighted by Crippen LogP contribution is 2.37. The maximum atomic E-state index is 12.5. The van der Waals surface area contributed by atoms with Gasteiger partial charge in [-0.1, -0.05) is 28.8 Å². The number of carbonyl (C=O) groups excluding carboxylic acids is 1. The van der Waals surface area contributed by atoms with Crippen molar-refractivity contribution in [1.29, 1.82) is 5.26 Å². The van der Waals surface area contributed by atoms with E-state index in [4.69, 9.17) is 26.4 Å². The van der Waals surface area contributed by atoms with Crippen LogP contribution in [0.2, 0.25) is 5.02 Å². The number of benzene rings is 2. The molecule has 0 aliphatic heterocycles. The number of halogens is 1. The predicted octanol–water partition coefficient (Wildman–Crippen LogP) is 5.34. The lowest BCUT2D eigenvalue weighted by Crippen LogP contribution is -2.16. The Labute approximate surface area is 200 Å². The first-order valence-electron chi connectivity index (χ1n) is 10.8. The monoisotopic (exact) mass is 479 g/mol. The zero-order valence-electron chi connectivity index (χ0n) is 18.1. The number of rotatable bonds is 7. The van der Waals surface area contributed by atoms with Crippen LogP contribution in [0.3, 0.4) is 0 Å². The number of nitriles is 1. The molecule has 174 valence electrons. The van der Waals surface area contributed by atoms with Crippen LogP contribution in [-0.2, 0) is 4.79 Å². The number of carbonyl (C=O) groups is 2. The number of amides is 1. The van der Waals surface area contributed by atoms with E-state index in [1.54, 1.807) is 12.1 Å². The summed E-state index contributed by atoms with van der Waals surface area (Å²) in [6.07, 6.45) is 3.99. The molecule has 1 fully saturated rings. The summed E-state index contributed by atoms with van der Waals surface area (Å²) in [5, 5.41) is 31.5. The number of carboxylic acid groups (broad SMARTS) is 1. The van der Waals surface area contributed by atoms with Crippen LogP contribution in [0.1, 0.15) is 59.8 Å². The Hall–Kier alpha value is -3.90. The minimum Gasteiger partial charge on any atom is -0.481 e. The fraction of sp³-hybridized carbons (Fsp3) is 0.292. The van der Waals surface area contributed by atoms with Crippen LogP contribution in [-0.4, -0.2) is 27.2 Å². The van der Waals surface area contributed by atoms with Crippen LogP contribution in [0.5, 0.6) is 0 Å². The molecule has 10 heteroatoms. The molecule has 9 nitrogen and oxygen atoms in total. The van der Waals surface area contributed by atoms with E-state index in [0.717, 1.165) is 25.7 Å². The first-order valence-corrected chi connectivity index (χ1v) is 11.2. The summed E-state index contributed by atoms with van der Waals surface area (Å²) in [4.78, 5) is 23.4. The molecular weight excluding hydrogens is 458 g/mol. The van der Waals surface area contributed by atoms with Gasteiger partial charge < -0.3 is 20.2 Å². The van der Waals surface area contributed by atoms with Gasteiger partial charge in [-0.05, 0) is 73.4 Å². The molecule has 34 heavy (non-hydrogen) atoms. The Morgan fingerprint density at radius 1 is 1.09 bits per heavy atom. The number of hydrogen-bond acceptors (Lipinski definition) is 7. The number of nitrogens with zero attached hydrogens (tertiary/aromatic N) is 3. The fourth-order valence-electron chi connectivity index (χ4n) is 4.15. The van der Waals surface area contributed by atoms with Crippen molar-refractivity contribution in [3.05, 3.63) is 64.5 Å². The molecule has 4 rings (SSSR count). The third-order valence-corrected chi connectivity index (χ3v) is 6.24. The van der Waals surface area contributed by atoms with E-state index in [2.05, 4.69) is 20.8 Å². The predicted molar refractivity (Wildman–Crippen MR) is 125 cm³/mol. The minimum atomic E-state index is -0.731. The van der Waals surface area contributed by atoms with E-state index < -0.39 is 11.9 Å². The Morgan fingerprint density at radius 3 is 2.47 bits per heavy atom. The summed E-state index contributed by atoms with van der Waals surface area (Å²) in [6, 6.07) is 14.3. The lowest BCUT2D eigenvalue weighted by molar-refractivity contribution is -0.138. The van der Waals surface area contributed by atoms with Crippen molar-refractivity contribution >= 4 is 40.9 Å². The highest BCUT2D eigenvalue weighted by atomic mass is 35.5. The molecule has 0 unspecified atom stereocenters. The summed E-state index contributed by atoms with van der Waals surface area (Å²) in [6.45, 7) is 0. The molecule has 0 atom stereocenters. The molecule has 1 aliphatic rings. The summed E-state index contributed by atoms with van der Waals surface area (Å²) in [5.41, 5.74) is 2.58. The minimum absolute atomic E-state index is 0.00482. The van der Waals surface area contributed by atoms with E-state index in [9.17, 15) is 9.59 Å². The number of hydrogen-bond donors (Lipinski definition) is 3. The van der Waals surface area contributed by atoms with E-state index in [-0.39, 0.29) is 24.2 Å². The van der Waals surface area contributed by atoms with E-state index in [1.165, 1.54) is 11.6 Å². The highest BCUT2D eigenvalue weighted by molar-refractivity contribution is 6.31. The molecule has 1 amide bonds. The van der Waals surface area contributed by atoms with Gasteiger partial charge in [0.25, 0.3) is 0 Å². The Kier molecular flexibility index (Phi) is 7.09. The highest BCUT2D eigenvalue weighted by Gasteiger charge is 2.24. The summed E-state index contributed by atoms with van der Waals surface area (Å²) in [7, 11) is 0. The van der Waals surface area contributed by atoms with Crippen molar-refractivity contribution in [3.63, 3.8) is 0 Å². The van der Waals surface area contributed by atoms with Gasteiger partial charge in [-0.2, -0.15) is 5.26 Å². The van der Waals surface area contributed by atoms with Crippen molar-refractivity contribution in [3.8, 4) is 6.07 Å². The average Bonchev–Trinajstić information content (AvgIpc) is 3.30. The van der Waals surface area contributed by atoms with Crippen molar-refractivity contribution in [2.45, 2.75) is 38.0 Å². The molecule has 0 saturated heterocycles.